The zero-order chi connectivity index (χ0) is 12.3. The number of nitrogens with zero attached hydrogens (tertiary/aromatic N) is 1. The maximum atomic E-state index is 5.30. The lowest BCUT2D eigenvalue weighted by atomic mass is 10.3. The van der Waals surface area contributed by atoms with Gasteiger partial charge in [0.1, 0.15) is 0 Å². The number of allylic oxidation sites excluding steroid dienone is 2. The highest BCUT2D eigenvalue weighted by molar-refractivity contribution is 5.16. The summed E-state index contributed by atoms with van der Waals surface area (Å²) in [5.74, 6) is 0.920. The molecule has 0 atom stereocenters. The summed E-state index contributed by atoms with van der Waals surface area (Å²) < 4.78 is 5.30. The minimum Gasteiger partial charge on any atom is -0.482 e. The Labute approximate surface area is 95.6 Å². The first-order chi connectivity index (χ1) is 7.17. The molecule has 0 aliphatic rings. The van der Waals surface area contributed by atoms with Crippen molar-refractivity contribution in [2.24, 2.45) is 0 Å². The highest BCUT2D eigenvalue weighted by atomic mass is 16.5. The second kappa shape index (κ2) is 11.2. The van der Waals surface area contributed by atoms with Crippen LogP contribution in [0.2, 0.25) is 0 Å². The van der Waals surface area contributed by atoms with Gasteiger partial charge < -0.3 is 9.64 Å². The molecule has 0 spiro atoms. The Kier molecular flexibility index (Phi) is 12.3. The lowest BCUT2D eigenvalue weighted by Crippen LogP contribution is -2.21. The zero-order valence-corrected chi connectivity index (χ0v) is 11.3. The summed E-state index contributed by atoms with van der Waals surface area (Å²) in [4.78, 5) is 2.13. The predicted molar refractivity (Wildman–Crippen MR) is 68.8 cm³/mol. The largest absolute Gasteiger partial charge is 0.482 e. The van der Waals surface area contributed by atoms with E-state index >= 15 is 0 Å². The van der Waals surface area contributed by atoms with Gasteiger partial charge in [0.25, 0.3) is 0 Å². The fraction of sp³-hybridized carbons (Fsp3) is 0.692. The summed E-state index contributed by atoms with van der Waals surface area (Å²) in [5.41, 5.74) is 1.08. The van der Waals surface area contributed by atoms with Crippen LogP contribution < -0.4 is 0 Å². The van der Waals surface area contributed by atoms with E-state index in [1.165, 1.54) is 12.8 Å². The molecule has 0 aliphatic heterocycles. The summed E-state index contributed by atoms with van der Waals surface area (Å²) in [6, 6.07) is 0. The minimum absolute atomic E-state index is 0.920. The molecule has 0 N–H and O–H groups in total. The average Bonchev–Trinajstić information content (AvgIpc) is 2.29. The van der Waals surface area contributed by atoms with Crippen molar-refractivity contribution in [3.05, 3.63) is 24.1 Å². The van der Waals surface area contributed by atoms with Gasteiger partial charge in [-0.25, -0.2) is 0 Å². The molecule has 0 unspecified atom stereocenters. The molecule has 0 aromatic carbocycles. The molecule has 90 valence electrons. The average molecular weight is 213 g/mol. The SMILES string of the molecule is C=C/C(C)=C(/OC)N(C)CCCC.CC. The van der Waals surface area contributed by atoms with Gasteiger partial charge in [-0.3, -0.25) is 0 Å². The zero-order valence-electron chi connectivity index (χ0n) is 11.3. The van der Waals surface area contributed by atoms with Gasteiger partial charge in [-0.05, 0) is 13.3 Å². The fourth-order valence-electron chi connectivity index (χ4n) is 1.20. The summed E-state index contributed by atoms with van der Waals surface area (Å²) in [5, 5.41) is 0. The minimum atomic E-state index is 0.920. The molecule has 0 heterocycles. The Morgan fingerprint density at radius 3 is 2.27 bits per heavy atom. The van der Waals surface area contributed by atoms with E-state index in [2.05, 4.69) is 18.4 Å². The third kappa shape index (κ3) is 7.06. The van der Waals surface area contributed by atoms with Crippen LogP contribution in [-0.2, 0) is 4.74 Å². The number of hydrogen-bond acceptors (Lipinski definition) is 2. The van der Waals surface area contributed by atoms with E-state index in [0.717, 1.165) is 18.0 Å². The number of hydrogen-bond donors (Lipinski definition) is 0. The molecule has 0 aliphatic carbocycles. The van der Waals surface area contributed by atoms with E-state index < -0.39 is 0 Å². The van der Waals surface area contributed by atoms with Crippen molar-refractivity contribution < 1.29 is 4.74 Å². The van der Waals surface area contributed by atoms with Crippen LogP contribution in [0, 0.1) is 0 Å². The van der Waals surface area contributed by atoms with Crippen LogP contribution >= 0.6 is 0 Å². The first-order valence-corrected chi connectivity index (χ1v) is 5.75. The lowest BCUT2D eigenvalue weighted by Gasteiger charge is -2.22. The standard InChI is InChI=1S/C11H21NO.C2H6/c1-6-8-9-12(4)11(13-5)10(3)7-2;1-2/h7H,2,6,8-9H2,1,3-5H3;1-2H3/b11-10+;. The molecule has 0 fully saturated rings. The maximum Gasteiger partial charge on any atom is 0.191 e. The van der Waals surface area contributed by atoms with Crippen molar-refractivity contribution in [3.8, 4) is 0 Å². The topological polar surface area (TPSA) is 12.5 Å². The molecule has 0 amide bonds. The molecule has 2 heteroatoms. The maximum absolute atomic E-state index is 5.30. The monoisotopic (exact) mass is 213 g/mol. The molecule has 0 radical (unpaired) electrons. The van der Waals surface area contributed by atoms with E-state index in [0.29, 0.717) is 0 Å². The van der Waals surface area contributed by atoms with Crippen molar-refractivity contribution in [1.82, 2.24) is 4.90 Å². The molecular formula is C13H27NO. The van der Waals surface area contributed by atoms with Crippen molar-refractivity contribution in [2.45, 2.75) is 40.5 Å². The summed E-state index contributed by atoms with van der Waals surface area (Å²) in [6.07, 6.45) is 4.21. The van der Waals surface area contributed by atoms with Gasteiger partial charge in [-0.15, -0.1) is 0 Å². The molecule has 15 heavy (non-hydrogen) atoms. The van der Waals surface area contributed by atoms with E-state index in [-0.39, 0.29) is 0 Å². The second-order valence-electron chi connectivity index (χ2n) is 3.17. The van der Waals surface area contributed by atoms with Crippen molar-refractivity contribution in [2.75, 3.05) is 20.7 Å². The van der Waals surface area contributed by atoms with Crippen LogP contribution in [0.4, 0.5) is 0 Å². The summed E-state index contributed by atoms with van der Waals surface area (Å²) in [7, 11) is 3.74. The highest BCUT2D eigenvalue weighted by Gasteiger charge is 2.05. The number of unbranched alkanes of at least 4 members (excludes halogenated alkanes) is 1. The van der Waals surface area contributed by atoms with E-state index in [1.54, 1.807) is 7.11 Å². The Balaban J connectivity index is 0. The first kappa shape index (κ1) is 16.5. The van der Waals surface area contributed by atoms with Crippen LogP contribution in [0.3, 0.4) is 0 Å². The van der Waals surface area contributed by atoms with Gasteiger partial charge in [0.05, 0.1) is 7.11 Å². The molecule has 0 bridgehead atoms. The normalized spacial score (nSPS) is 10.8. The molecule has 0 saturated heterocycles. The van der Waals surface area contributed by atoms with Crippen molar-refractivity contribution >= 4 is 0 Å². The smallest absolute Gasteiger partial charge is 0.191 e. The van der Waals surface area contributed by atoms with Gasteiger partial charge in [0.15, 0.2) is 5.88 Å². The number of rotatable bonds is 6. The summed E-state index contributed by atoms with van der Waals surface area (Å²) in [6.45, 7) is 13.0. The second-order valence-corrected chi connectivity index (χ2v) is 3.17. The quantitative estimate of drug-likeness (QED) is 0.491. The van der Waals surface area contributed by atoms with Crippen LogP contribution in [0.15, 0.2) is 24.1 Å². The van der Waals surface area contributed by atoms with Crippen LogP contribution in [0.5, 0.6) is 0 Å². The Morgan fingerprint density at radius 2 is 1.93 bits per heavy atom. The van der Waals surface area contributed by atoms with Gasteiger partial charge in [-0.1, -0.05) is 39.8 Å². The molecule has 0 saturated carbocycles. The number of ether oxygens (including phenoxy) is 1. The highest BCUT2D eigenvalue weighted by Crippen LogP contribution is 2.10. The van der Waals surface area contributed by atoms with Crippen molar-refractivity contribution in [1.29, 1.82) is 0 Å². The van der Waals surface area contributed by atoms with E-state index in [1.807, 2.05) is 33.9 Å². The Hall–Kier alpha value is -0.920. The lowest BCUT2D eigenvalue weighted by molar-refractivity contribution is 0.169. The molecular weight excluding hydrogens is 186 g/mol. The van der Waals surface area contributed by atoms with Crippen molar-refractivity contribution in [3.63, 3.8) is 0 Å². The van der Waals surface area contributed by atoms with Gasteiger partial charge in [-0.2, -0.15) is 0 Å². The first-order valence-electron chi connectivity index (χ1n) is 5.75. The third-order valence-corrected chi connectivity index (χ3v) is 2.03. The summed E-state index contributed by atoms with van der Waals surface area (Å²) >= 11 is 0. The van der Waals surface area contributed by atoms with Crippen LogP contribution in [0.25, 0.3) is 0 Å². The van der Waals surface area contributed by atoms with Gasteiger partial charge in [0.2, 0.25) is 0 Å². The van der Waals surface area contributed by atoms with E-state index in [9.17, 15) is 0 Å². The Bertz CT molecular complexity index is 185. The Morgan fingerprint density at radius 1 is 1.40 bits per heavy atom. The van der Waals surface area contributed by atoms with E-state index in [4.69, 9.17) is 4.74 Å². The molecule has 0 rings (SSSR count). The molecule has 2 nitrogen and oxygen atoms in total. The number of methoxy groups -OCH3 is 1. The third-order valence-electron chi connectivity index (χ3n) is 2.03. The van der Waals surface area contributed by atoms with Gasteiger partial charge in [0, 0.05) is 19.2 Å². The fourth-order valence-corrected chi connectivity index (χ4v) is 1.20. The molecule has 0 aromatic heterocycles. The van der Waals surface area contributed by atoms with Crippen LogP contribution in [-0.4, -0.2) is 25.6 Å². The predicted octanol–water partition coefficient (Wildman–Crippen LogP) is 3.81. The van der Waals surface area contributed by atoms with Gasteiger partial charge >= 0.3 is 0 Å². The van der Waals surface area contributed by atoms with Crippen LogP contribution in [0.1, 0.15) is 40.5 Å². The molecule has 0 aromatic rings.